The zero-order valence-corrected chi connectivity index (χ0v) is 12.0. The third-order valence-electron chi connectivity index (χ3n) is 3.83. The van der Waals surface area contributed by atoms with Crippen LogP contribution >= 0.6 is 0 Å². The van der Waals surface area contributed by atoms with Crippen LogP contribution in [-0.2, 0) is 0 Å². The van der Waals surface area contributed by atoms with Crippen LogP contribution in [0.4, 0.5) is 20.3 Å². The van der Waals surface area contributed by atoms with Crippen molar-refractivity contribution >= 4 is 11.5 Å². The van der Waals surface area contributed by atoms with Crippen molar-refractivity contribution in [3.63, 3.8) is 0 Å². The summed E-state index contributed by atoms with van der Waals surface area (Å²) in [7, 11) is 0. The monoisotopic (exact) mass is 289 g/mol. The second-order valence-electron chi connectivity index (χ2n) is 5.34. The van der Waals surface area contributed by atoms with Gasteiger partial charge in [-0.1, -0.05) is 0 Å². The minimum Gasteiger partial charge on any atom is -0.367 e. The van der Waals surface area contributed by atoms with E-state index in [0.29, 0.717) is 5.56 Å². The number of rotatable bonds is 2. The molecule has 0 amide bonds. The van der Waals surface area contributed by atoms with Gasteiger partial charge in [0, 0.05) is 24.8 Å². The second-order valence-corrected chi connectivity index (χ2v) is 5.34. The normalized spacial score (nSPS) is 15.3. The Bertz CT molecular complexity index is 673. The molecule has 1 N–H and O–H groups in total. The lowest BCUT2D eigenvalue weighted by molar-refractivity contribution is 0.556. The molecule has 21 heavy (non-hydrogen) atoms. The first kappa shape index (κ1) is 13.8. The molecule has 2 aromatic rings. The van der Waals surface area contributed by atoms with Crippen LogP contribution < -0.4 is 10.2 Å². The van der Waals surface area contributed by atoms with Crippen molar-refractivity contribution in [2.45, 2.75) is 19.9 Å². The van der Waals surface area contributed by atoms with Gasteiger partial charge in [-0.3, -0.25) is 0 Å². The fourth-order valence-corrected chi connectivity index (χ4v) is 2.73. The number of aromatic nitrogens is 1. The summed E-state index contributed by atoms with van der Waals surface area (Å²) in [5.41, 5.74) is 2.33. The molecule has 0 aliphatic carbocycles. The Morgan fingerprint density at radius 2 is 2.10 bits per heavy atom. The lowest BCUT2D eigenvalue weighted by atomic mass is 10.0. The Labute approximate surface area is 122 Å². The Kier molecular flexibility index (Phi) is 3.49. The Morgan fingerprint density at radius 3 is 2.90 bits per heavy atom. The Morgan fingerprint density at radius 1 is 1.29 bits per heavy atom. The summed E-state index contributed by atoms with van der Waals surface area (Å²) >= 11 is 0. The van der Waals surface area contributed by atoms with Crippen LogP contribution in [0.25, 0.3) is 0 Å². The van der Waals surface area contributed by atoms with Crippen LogP contribution in [-0.4, -0.2) is 18.1 Å². The molecule has 1 aromatic carbocycles. The lowest BCUT2D eigenvalue weighted by Crippen LogP contribution is -2.36. The smallest absolute Gasteiger partial charge is 0.149 e. The highest BCUT2D eigenvalue weighted by Crippen LogP contribution is 2.35. The standard InChI is InChI=1S/C16H17F2N3/c1-10-7-15-16(20-9-10)19-5-6-21(15)11(2)13-8-12(17)3-4-14(13)18/h3-4,7-9,11H,5-6H2,1-2H3,(H,19,20). The van der Waals surface area contributed by atoms with E-state index in [0.717, 1.165) is 36.2 Å². The number of nitrogens with one attached hydrogen (secondary N) is 1. The summed E-state index contributed by atoms with van der Waals surface area (Å²) in [6.07, 6.45) is 1.79. The minimum absolute atomic E-state index is 0.259. The average molecular weight is 289 g/mol. The SMILES string of the molecule is Cc1cnc2c(c1)N(C(C)c1cc(F)ccc1F)CCN2. The molecule has 110 valence electrons. The molecule has 2 heterocycles. The van der Waals surface area contributed by atoms with Gasteiger partial charge < -0.3 is 10.2 Å². The van der Waals surface area contributed by atoms with E-state index in [9.17, 15) is 8.78 Å². The molecule has 1 aliphatic rings. The molecule has 1 unspecified atom stereocenters. The van der Waals surface area contributed by atoms with Crippen LogP contribution in [0, 0.1) is 18.6 Å². The van der Waals surface area contributed by atoms with Crippen molar-refractivity contribution in [1.29, 1.82) is 0 Å². The van der Waals surface area contributed by atoms with Crippen LogP contribution in [0.3, 0.4) is 0 Å². The van der Waals surface area contributed by atoms with Gasteiger partial charge in [0.05, 0.1) is 11.7 Å². The van der Waals surface area contributed by atoms with Crippen LogP contribution in [0.15, 0.2) is 30.5 Å². The fourth-order valence-electron chi connectivity index (χ4n) is 2.73. The van der Waals surface area contributed by atoms with Crippen molar-refractivity contribution in [2.24, 2.45) is 0 Å². The molecule has 3 nitrogen and oxygen atoms in total. The van der Waals surface area contributed by atoms with Gasteiger partial charge in [0.1, 0.15) is 17.5 Å². The van der Waals surface area contributed by atoms with Gasteiger partial charge >= 0.3 is 0 Å². The number of nitrogens with zero attached hydrogens (tertiary/aromatic N) is 2. The molecule has 0 fully saturated rings. The van der Waals surface area contributed by atoms with Crippen molar-refractivity contribution in [2.75, 3.05) is 23.3 Å². The molecule has 0 bridgehead atoms. The third-order valence-corrected chi connectivity index (χ3v) is 3.83. The molecule has 1 atom stereocenters. The largest absolute Gasteiger partial charge is 0.367 e. The highest BCUT2D eigenvalue weighted by Gasteiger charge is 2.25. The van der Waals surface area contributed by atoms with Crippen molar-refractivity contribution in [3.05, 3.63) is 53.2 Å². The summed E-state index contributed by atoms with van der Waals surface area (Å²) in [4.78, 5) is 6.42. The zero-order valence-electron chi connectivity index (χ0n) is 12.0. The van der Waals surface area contributed by atoms with E-state index in [4.69, 9.17) is 0 Å². The van der Waals surface area contributed by atoms with E-state index in [1.165, 1.54) is 12.1 Å². The molecule has 0 spiro atoms. The molecule has 0 saturated carbocycles. The van der Waals surface area contributed by atoms with Crippen molar-refractivity contribution < 1.29 is 8.78 Å². The van der Waals surface area contributed by atoms with E-state index >= 15 is 0 Å². The van der Waals surface area contributed by atoms with Crippen LogP contribution in [0.5, 0.6) is 0 Å². The van der Waals surface area contributed by atoms with Crippen molar-refractivity contribution in [1.82, 2.24) is 4.98 Å². The number of benzene rings is 1. The Hall–Kier alpha value is -2.17. The average Bonchev–Trinajstić information content (AvgIpc) is 2.48. The first-order valence-corrected chi connectivity index (χ1v) is 6.98. The molecular formula is C16H17F2N3. The molecule has 5 heteroatoms. The molecule has 1 aromatic heterocycles. The topological polar surface area (TPSA) is 28.2 Å². The first-order valence-electron chi connectivity index (χ1n) is 6.98. The van der Waals surface area contributed by atoms with Gasteiger partial charge in [0.15, 0.2) is 0 Å². The number of aryl methyl sites for hydroxylation is 1. The van der Waals surface area contributed by atoms with E-state index in [1.54, 1.807) is 6.20 Å². The Balaban J connectivity index is 2.01. The molecular weight excluding hydrogens is 272 g/mol. The van der Waals surface area contributed by atoms with E-state index < -0.39 is 5.82 Å². The number of hydrogen-bond acceptors (Lipinski definition) is 3. The fraction of sp³-hybridized carbons (Fsp3) is 0.312. The number of pyridine rings is 1. The van der Waals surface area contributed by atoms with Crippen LogP contribution in [0.2, 0.25) is 0 Å². The van der Waals surface area contributed by atoms with Gasteiger partial charge in [-0.2, -0.15) is 0 Å². The summed E-state index contributed by atoms with van der Waals surface area (Å²) in [5, 5.41) is 3.23. The number of halogens is 2. The van der Waals surface area contributed by atoms with Gasteiger partial charge in [-0.25, -0.2) is 13.8 Å². The quantitative estimate of drug-likeness (QED) is 0.914. The summed E-state index contributed by atoms with van der Waals surface area (Å²) in [6.45, 7) is 5.29. The number of fused-ring (bicyclic) bond motifs is 1. The van der Waals surface area contributed by atoms with E-state index in [-0.39, 0.29) is 11.9 Å². The predicted molar refractivity (Wildman–Crippen MR) is 79.6 cm³/mol. The van der Waals surface area contributed by atoms with Crippen LogP contribution in [0.1, 0.15) is 24.1 Å². The molecule has 0 radical (unpaired) electrons. The van der Waals surface area contributed by atoms with Gasteiger partial charge in [-0.15, -0.1) is 0 Å². The van der Waals surface area contributed by atoms with Crippen molar-refractivity contribution in [3.8, 4) is 0 Å². The molecule has 0 saturated heterocycles. The summed E-state index contributed by atoms with van der Waals surface area (Å²) < 4.78 is 27.4. The maximum absolute atomic E-state index is 14.0. The van der Waals surface area contributed by atoms with E-state index in [1.807, 2.05) is 19.9 Å². The molecule has 1 aliphatic heterocycles. The summed E-state index contributed by atoms with van der Waals surface area (Å²) in [5.74, 6) is -0.0175. The van der Waals surface area contributed by atoms with E-state index in [2.05, 4.69) is 15.2 Å². The summed E-state index contributed by atoms with van der Waals surface area (Å²) in [6, 6.07) is 5.35. The highest BCUT2D eigenvalue weighted by atomic mass is 19.1. The third kappa shape index (κ3) is 2.55. The number of hydrogen-bond donors (Lipinski definition) is 1. The maximum Gasteiger partial charge on any atom is 0.149 e. The first-order chi connectivity index (χ1) is 10.1. The predicted octanol–water partition coefficient (Wildman–Crippen LogP) is 3.66. The minimum atomic E-state index is -0.420. The second kappa shape index (κ2) is 5.31. The number of anilines is 2. The zero-order chi connectivity index (χ0) is 15.0. The van der Waals surface area contributed by atoms with Gasteiger partial charge in [0.2, 0.25) is 0 Å². The maximum atomic E-state index is 14.0. The van der Waals surface area contributed by atoms with Gasteiger partial charge in [0.25, 0.3) is 0 Å². The molecule has 3 rings (SSSR count). The van der Waals surface area contributed by atoms with Gasteiger partial charge in [-0.05, 0) is 43.7 Å². The lowest BCUT2D eigenvalue weighted by Gasteiger charge is -2.36. The highest BCUT2D eigenvalue weighted by molar-refractivity contribution is 5.69.